The van der Waals surface area contributed by atoms with Crippen molar-refractivity contribution in [2.24, 2.45) is 0 Å². The summed E-state index contributed by atoms with van der Waals surface area (Å²) in [4.78, 5) is 16.1. The molecule has 4 rings (SSSR count). The smallest absolute Gasteiger partial charge is 0.248 e. The number of carbonyl (C=O) groups is 1. The Morgan fingerprint density at radius 1 is 1.00 bits per heavy atom. The van der Waals surface area contributed by atoms with E-state index in [9.17, 15) is 4.79 Å². The average molecular weight is 390 g/mol. The van der Waals surface area contributed by atoms with Crippen LogP contribution in [-0.2, 0) is 11.3 Å². The Morgan fingerprint density at radius 3 is 2.45 bits per heavy atom. The van der Waals surface area contributed by atoms with Crippen molar-refractivity contribution in [3.8, 4) is 11.4 Å². The van der Waals surface area contributed by atoms with Gasteiger partial charge in [0, 0.05) is 30.0 Å². The average Bonchev–Trinajstić information content (AvgIpc) is 3.00. The maximum atomic E-state index is 12.4. The van der Waals surface area contributed by atoms with E-state index in [2.05, 4.69) is 37.8 Å². The van der Waals surface area contributed by atoms with Gasteiger partial charge < -0.3 is 10.2 Å². The minimum absolute atomic E-state index is 0.0206. The predicted molar refractivity (Wildman–Crippen MR) is 114 cm³/mol. The summed E-state index contributed by atoms with van der Waals surface area (Å²) in [5, 5.41) is 15.3. The first kappa shape index (κ1) is 19.1. The van der Waals surface area contributed by atoms with Crippen molar-refractivity contribution >= 4 is 17.3 Å². The van der Waals surface area contributed by atoms with Crippen LogP contribution in [0.15, 0.2) is 48.5 Å². The summed E-state index contributed by atoms with van der Waals surface area (Å²) < 4.78 is 0. The van der Waals surface area contributed by atoms with Gasteiger partial charge in [-0.05, 0) is 54.8 Å². The van der Waals surface area contributed by atoms with Crippen LogP contribution in [-0.4, -0.2) is 39.2 Å². The minimum atomic E-state index is -0.179. The molecule has 150 valence electrons. The number of tetrazole rings is 1. The van der Waals surface area contributed by atoms with Gasteiger partial charge >= 0.3 is 0 Å². The maximum Gasteiger partial charge on any atom is 0.248 e. The van der Waals surface area contributed by atoms with Crippen LogP contribution in [0.4, 0.5) is 11.4 Å². The Labute approximate surface area is 170 Å². The molecule has 1 aromatic heterocycles. The molecule has 2 aromatic carbocycles. The molecule has 7 heteroatoms. The summed E-state index contributed by atoms with van der Waals surface area (Å²) in [6.07, 6.45) is 5.11. The molecule has 1 fully saturated rings. The number of aryl methyl sites for hydroxylation is 1. The van der Waals surface area contributed by atoms with Gasteiger partial charge in [0.05, 0.1) is 0 Å². The second-order valence-electron chi connectivity index (χ2n) is 7.45. The highest BCUT2D eigenvalue weighted by atomic mass is 16.2. The Balaban J connectivity index is 1.36. The lowest BCUT2D eigenvalue weighted by atomic mass is 10.1. The summed E-state index contributed by atoms with van der Waals surface area (Å²) in [5.41, 5.74) is 3.97. The van der Waals surface area contributed by atoms with Crippen molar-refractivity contribution < 1.29 is 4.79 Å². The normalized spacial score (nSPS) is 14.4. The molecule has 1 saturated heterocycles. The molecule has 0 atom stereocenters. The van der Waals surface area contributed by atoms with Crippen molar-refractivity contribution in [3.05, 3.63) is 54.1 Å². The van der Waals surface area contributed by atoms with E-state index in [1.165, 1.54) is 36.2 Å². The lowest BCUT2D eigenvalue weighted by Gasteiger charge is -2.22. The molecule has 0 aliphatic carbocycles. The van der Waals surface area contributed by atoms with E-state index in [1.807, 2.05) is 43.3 Å². The highest BCUT2D eigenvalue weighted by Crippen LogP contribution is 2.22. The molecule has 0 saturated carbocycles. The van der Waals surface area contributed by atoms with Crippen LogP contribution >= 0.6 is 0 Å². The summed E-state index contributed by atoms with van der Waals surface area (Å²) in [5.74, 6) is 0.346. The number of benzene rings is 2. The number of aromatic nitrogens is 4. The Bertz CT molecular complexity index is 957. The zero-order valence-corrected chi connectivity index (χ0v) is 16.7. The van der Waals surface area contributed by atoms with Gasteiger partial charge in [0.1, 0.15) is 6.54 Å². The van der Waals surface area contributed by atoms with Crippen molar-refractivity contribution in [2.45, 2.75) is 39.2 Å². The Morgan fingerprint density at radius 2 is 1.72 bits per heavy atom. The first-order chi connectivity index (χ1) is 14.2. The number of amides is 1. The molecule has 0 bridgehead atoms. The third-order valence-corrected chi connectivity index (χ3v) is 5.25. The second-order valence-corrected chi connectivity index (χ2v) is 7.45. The van der Waals surface area contributed by atoms with Crippen LogP contribution < -0.4 is 10.2 Å². The molecule has 3 aromatic rings. The molecule has 0 radical (unpaired) electrons. The highest BCUT2D eigenvalue weighted by Gasteiger charge is 2.12. The third kappa shape index (κ3) is 4.80. The molecule has 1 N–H and O–H groups in total. The first-order valence-corrected chi connectivity index (χ1v) is 10.2. The fourth-order valence-corrected chi connectivity index (χ4v) is 3.66. The maximum absolute atomic E-state index is 12.4. The van der Waals surface area contributed by atoms with Crippen LogP contribution in [0.3, 0.4) is 0 Å². The van der Waals surface area contributed by atoms with Gasteiger partial charge in [-0.2, -0.15) is 4.80 Å². The standard InChI is InChI=1S/C22H26N6O/c1-17-8-4-5-9-20(17)22-24-26-28(25-22)16-21(29)23-18-10-12-19(13-11-18)27-14-6-2-3-7-15-27/h4-5,8-13H,2-3,6-7,14-16H2,1H3,(H,23,29). The van der Waals surface area contributed by atoms with Crippen LogP contribution in [0.5, 0.6) is 0 Å². The molecule has 0 spiro atoms. The highest BCUT2D eigenvalue weighted by molar-refractivity contribution is 5.90. The van der Waals surface area contributed by atoms with Gasteiger partial charge in [0.2, 0.25) is 11.7 Å². The van der Waals surface area contributed by atoms with Gasteiger partial charge in [-0.1, -0.05) is 37.1 Å². The van der Waals surface area contributed by atoms with E-state index in [-0.39, 0.29) is 12.5 Å². The fourth-order valence-electron chi connectivity index (χ4n) is 3.66. The van der Waals surface area contributed by atoms with E-state index in [4.69, 9.17) is 0 Å². The Kier molecular flexibility index (Phi) is 5.84. The number of rotatable bonds is 5. The zero-order valence-electron chi connectivity index (χ0n) is 16.7. The fraction of sp³-hybridized carbons (Fsp3) is 0.364. The topological polar surface area (TPSA) is 75.9 Å². The molecule has 1 amide bonds. The summed E-state index contributed by atoms with van der Waals surface area (Å²) in [6, 6.07) is 15.9. The second kappa shape index (κ2) is 8.86. The molecule has 2 heterocycles. The summed E-state index contributed by atoms with van der Waals surface area (Å²) in [6.45, 7) is 4.23. The number of anilines is 2. The lowest BCUT2D eigenvalue weighted by molar-refractivity contribution is -0.117. The van der Waals surface area contributed by atoms with Crippen molar-refractivity contribution in [3.63, 3.8) is 0 Å². The van der Waals surface area contributed by atoms with Crippen molar-refractivity contribution in [1.29, 1.82) is 0 Å². The molecular formula is C22H26N6O. The summed E-state index contributed by atoms with van der Waals surface area (Å²) in [7, 11) is 0. The number of hydrogen-bond acceptors (Lipinski definition) is 5. The molecule has 7 nitrogen and oxygen atoms in total. The van der Waals surface area contributed by atoms with E-state index < -0.39 is 0 Å². The van der Waals surface area contributed by atoms with E-state index >= 15 is 0 Å². The Hall–Kier alpha value is -3.22. The zero-order chi connectivity index (χ0) is 20.1. The monoisotopic (exact) mass is 390 g/mol. The van der Waals surface area contributed by atoms with Gasteiger partial charge in [-0.25, -0.2) is 0 Å². The predicted octanol–water partition coefficient (Wildman–Crippen LogP) is 3.67. The van der Waals surface area contributed by atoms with Gasteiger partial charge in [0.25, 0.3) is 0 Å². The molecule has 1 aliphatic rings. The minimum Gasteiger partial charge on any atom is -0.372 e. The molecule has 29 heavy (non-hydrogen) atoms. The molecule has 0 unspecified atom stereocenters. The third-order valence-electron chi connectivity index (χ3n) is 5.25. The quantitative estimate of drug-likeness (QED) is 0.719. The number of nitrogens with one attached hydrogen (secondary N) is 1. The molecular weight excluding hydrogens is 364 g/mol. The lowest BCUT2D eigenvalue weighted by Crippen LogP contribution is -2.24. The van der Waals surface area contributed by atoms with Gasteiger partial charge in [-0.15, -0.1) is 10.2 Å². The number of nitrogens with zero attached hydrogens (tertiary/aromatic N) is 5. The largest absolute Gasteiger partial charge is 0.372 e. The van der Waals surface area contributed by atoms with E-state index in [0.717, 1.165) is 29.9 Å². The van der Waals surface area contributed by atoms with Crippen molar-refractivity contribution in [1.82, 2.24) is 20.2 Å². The SMILES string of the molecule is Cc1ccccc1-c1nnn(CC(=O)Nc2ccc(N3CCCCCC3)cc2)n1. The number of hydrogen-bond donors (Lipinski definition) is 1. The van der Waals surface area contributed by atoms with Crippen LogP contribution in [0.25, 0.3) is 11.4 Å². The van der Waals surface area contributed by atoms with Gasteiger partial charge in [0.15, 0.2) is 0 Å². The van der Waals surface area contributed by atoms with Crippen molar-refractivity contribution in [2.75, 3.05) is 23.3 Å². The van der Waals surface area contributed by atoms with Gasteiger partial charge in [-0.3, -0.25) is 4.79 Å². The van der Waals surface area contributed by atoms with E-state index in [0.29, 0.717) is 5.82 Å². The van der Waals surface area contributed by atoms with Crippen LogP contribution in [0.1, 0.15) is 31.2 Å². The first-order valence-electron chi connectivity index (χ1n) is 10.2. The van der Waals surface area contributed by atoms with E-state index in [1.54, 1.807) is 0 Å². The summed E-state index contributed by atoms with van der Waals surface area (Å²) >= 11 is 0. The van der Waals surface area contributed by atoms with Crippen LogP contribution in [0, 0.1) is 6.92 Å². The molecule has 1 aliphatic heterocycles. The van der Waals surface area contributed by atoms with Crippen LogP contribution in [0.2, 0.25) is 0 Å². The number of carbonyl (C=O) groups excluding carboxylic acids is 1.